The third-order valence-corrected chi connectivity index (χ3v) is 3.39. The molecule has 1 heterocycles. The first kappa shape index (κ1) is 16.6. The monoisotopic (exact) mass is 327 g/mol. The summed E-state index contributed by atoms with van der Waals surface area (Å²) in [7, 11) is 0. The largest absolute Gasteiger partial charge is 0.369 e. The number of aromatic nitrogens is 1. The number of para-hydroxylation sites is 1. The minimum atomic E-state index is -0.0516. The molecule has 23 heavy (non-hydrogen) atoms. The highest BCUT2D eigenvalue weighted by Gasteiger charge is 2.06. The van der Waals surface area contributed by atoms with Crippen molar-refractivity contribution in [3.63, 3.8) is 0 Å². The van der Waals surface area contributed by atoms with Crippen LogP contribution in [0, 0.1) is 0 Å². The molecule has 3 rings (SSSR count). The zero-order chi connectivity index (χ0) is 15.4. The van der Waals surface area contributed by atoms with Crippen molar-refractivity contribution in [1.29, 1.82) is 0 Å². The SMILES string of the molecule is Cl.NC(N)=N/N=C/c1cn(Cc2ccccc2)c2ccccc12. The van der Waals surface area contributed by atoms with Gasteiger partial charge >= 0.3 is 0 Å². The van der Waals surface area contributed by atoms with Gasteiger partial charge in [-0.1, -0.05) is 48.5 Å². The van der Waals surface area contributed by atoms with Crippen molar-refractivity contribution in [3.05, 3.63) is 71.9 Å². The van der Waals surface area contributed by atoms with E-state index in [1.54, 1.807) is 6.21 Å². The van der Waals surface area contributed by atoms with E-state index >= 15 is 0 Å². The topological polar surface area (TPSA) is 81.7 Å². The lowest BCUT2D eigenvalue weighted by Gasteiger charge is -2.05. The predicted molar refractivity (Wildman–Crippen MR) is 98.1 cm³/mol. The van der Waals surface area contributed by atoms with Gasteiger partial charge in [0.05, 0.1) is 6.21 Å². The van der Waals surface area contributed by atoms with Gasteiger partial charge in [-0.3, -0.25) is 0 Å². The minimum Gasteiger partial charge on any atom is -0.369 e. The van der Waals surface area contributed by atoms with Gasteiger partial charge in [0.25, 0.3) is 0 Å². The quantitative estimate of drug-likeness (QED) is 0.439. The van der Waals surface area contributed by atoms with Crippen molar-refractivity contribution < 1.29 is 0 Å². The lowest BCUT2D eigenvalue weighted by atomic mass is 10.2. The van der Waals surface area contributed by atoms with Crippen LogP contribution in [0.5, 0.6) is 0 Å². The Labute approximate surface area is 140 Å². The van der Waals surface area contributed by atoms with Gasteiger partial charge in [-0.25, -0.2) is 0 Å². The molecule has 4 N–H and O–H groups in total. The van der Waals surface area contributed by atoms with E-state index in [9.17, 15) is 0 Å². The number of nitrogens with two attached hydrogens (primary N) is 2. The van der Waals surface area contributed by atoms with Gasteiger partial charge in [0.1, 0.15) is 0 Å². The summed E-state index contributed by atoms with van der Waals surface area (Å²) in [4.78, 5) is 0. The fraction of sp³-hybridized carbons (Fsp3) is 0.0588. The van der Waals surface area contributed by atoms with Gasteiger partial charge in [-0.2, -0.15) is 5.10 Å². The van der Waals surface area contributed by atoms with E-state index in [0.717, 1.165) is 23.0 Å². The molecule has 1 aromatic heterocycles. The Morgan fingerprint density at radius 2 is 1.70 bits per heavy atom. The second-order valence-electron chi connectivity index (χ2n) is 4.98. The van der Waals surface area contributed by atoms with E-state index in [4.69, 9.17) is 11.5 Å². The number of fused-ring (bicyclic) bond motifs is 1. The van der Waals surface area contributed by atoms with Crippen molar-refractivity contribution >= 4 is 35.5 Å². The molecule has 0 aliphatic carbocycles. The van der Waals surface area contributed by atoms with E-state index in [1.807, 2.05) is 30.3 Å². The number of guanidine groups is 1. The van der Waals surface area contributed by atoms with Crippen LogP contribution in [0.4, 0.5) is 0 Å². The summed E-state index contributed by atoms with van der Waals surface area (Å²) in [5, 5.41) is 8.68. The summed E-state index contributed by atoms with van der Waals surface area (Å²) >= 11 is 0. The Bertz CT molecular complexity index is 833. The molecule has 0 atom stereocenters. The first-order valence-electron chi connectivity index (χ1n) is 6.98. The molecule has 5 nitrogen and oxygen atoms in total. The zero-order valence-corrected chi connectivity index (χ0v) is 13.3. The number of hydrogen-bond donors (Lipinski definition) is 2. The average Bonchev–Trinajstić information content (AvgIpc) is 2.86. The molecular formula is C17H18ClN5. The molecular weight excluding hydrogens is 310 g/mol. The van der Waals surface area contributed by atoms with Gasteiger partial charge in [-0.05, 0) is 11.6 Å². The van der Waals surface area contributed by atoms with E-state index in [2.05, 4.69) is 45.2 Å². The Morgan fingerprint density at radius 1 is 1.00 bits per heavy atom. The van der Waals surface area contributed by atoms with Crippen LogP contribution >= 0.6 is 12.4 Å². The van der Waals surface area contributed by atoms with E-state index < -0.39 is 0 Å². The highest BCUT2D eigenvalue weighted by atomic mass is 35.5. The highest BCUT2D eigenvalue weighted by Crippen LogP contribution is 2.21. The maximum atomic E-state index is 5.29. The molecule has 0 fully saturated rings. The highest BCUT2D eigenvalue weighted by molar-refractivity contribution is 5.99. The predicted octanol–water partition coefficient (Wildman–Crippen LogP) is 2.72. The molecule has 118 valence electrons. The normalized spacial score (nSPS) is 10.6. The fourth-order valence-electron chi connectivity index (χ4n) is 2.45. The molecule has 0 bridgehead atoms. The van der Waals surface area contributed by atoms with Crippen molar-refractivity contribution in [3.8, 4) is 0 Å². The lowest BCUT2D eigenvalue weighted by Crippen LogP contribution is -2.21. The number of rotatable bonds is 4. The molecule has 0 amide bonds. The van der Waals surface area contributed by atoms with Crippen molar-refractivity contribution in [2.24, 2.45) is 21.7 Å². The summed E-state index contributed by atoms with van der Waals surface area (Å²) in [5.74, 6) is -0.0516. The second kappa shape index (κ2) is 7.47. The number of benzene rings is 2. The van der Waals surface area contributed by atoms with Gasteiger partial charge < -0.3 is 16.0 Å². The van der Waals surface area contributed by atoms with Crippen LogP contribution in [0.2, 0.25) is 0 Å². The second-order valence-corrected chi connectivity index (χ2v) is 4.98. The van der Waals surface area contributed by atoms with E-state index in [1.165, 1.54) is 5.56 Å². The van der Waals surface area contributed by atoms with Crippen LogP contribution < -0.4 is 11.5 Å². The molecule has 3 aromatic rings. The van der Waals surface area contributed by atoms with Crippen molar-refractivity contribution in [2.45, 2.75) is 6.54 Å². The molecule has 6 heteroatoms. The van der Waals surface area contributed by atoms with Gasteiger partial charge in [0, 0.05) is 29.2 Å². The molecule has 0 spiro atoms. The molecule has 0 saturated carbocycles. The van der Waals surface area contributed by atoms with E-state index in [-0.39, 0.29) is 18.4 Å². The molecule has 0 unspecified atom stereocenters. The summed E-state index contributed by atoms with van der Waals surface area (Å²) in [5.41, 5.74) is 14.0. The van der Waals surface area contributed by atoms with Crippen molar-refractivity contribution in [2.75, 3.05) is 0 Å². The molecule has 0 radical (unpaired) electrons. The number of nitrogens with zero attached hydrogens (tertiary/aromatic N) is 3. The summed E-state index contributed by atoms with van der Waals surface area (Å²) < 4.78 is 2.20. The standard InChI is InChI=1S/C17H17N5.ClH/c18-17(19)21-20-10-14-12-22(11-13-6-2-1-3-7-13)16-9-5-4-8-15(14)16;/h1-10,12H,11H2,(H4,18,19,21);1H/b20-10+;. The number of halogens is 1. The van der Waals surface area contributed by atoms with E-state index in [0.29, 0.717) is 0 Å². The van der Waals surface area contributed by atoms with Crippen LogP contribution in [0.1, 0.15) is 11.1 Å². The lowest BCUT2D eigenvalue weighted by molar-refractivity contribution is 0.836. The Morgan fingerprint density at radius 3 is 2.43 bits per heavy atom. The smallest absolute Gasteiger partial charge is 0.211 e. The Hall–Kier alpha value is -2.79. The molecule has 2 aromatic carbocycles. The Kier molecular flexibility index (Phi) is 5.38. The van der Waals surface area contributed by atoms with Crippen LogP contribution in [0.3, 0.4) is 0 Å². The van der Waals surface area contributed by atoms with Gasteiger partial charge in [0.2, 0.25) is 5.96 Å². The van der Waals surface area contributed by atoms with Crippen LogP contribution in [-0.2, 0) is 6.54 Å². The first-order chi connectivity index (χ1) is 10.7. The molecule has 0 aliphatic heterocycles. The summed E-state index contributed by atoms with van der Waals surface area (Å²) in [6.45, 7) is 0.803. The maximum absolute atomic E-state index is 5.29. The zero-order valence-electron chi connectivity index (χ0n) is 12.5. The third-order valence-electron chi connectivity index (χ3n) is 3.39. The van der Waals surface area contributed by atoms with Crippen molar-refractivity contribution in [1.82, 2.24) is 4.57 Å². The average molecular weight is 328 g/mol. The van der Waals surface area contributed by atoms with Crippen LogP contribution in [0.15, 0.2) is 71.0 Å². The van der Waals surface area contributed by atoms with Crippen LogP contribution in [-0.4, -0.2) is 16.7 Å². The Balaban J connectivity index is 0.00000192. The third kappa shape index (κ3) is 3.90. The fourth-order valence-corrected chi connectivity index (χ4v) is 2.45. The first-order valence-corrected chi connectivity index (χ1v) is 6.98. The summed E-state index contributed by atoms with van der Waals surface area (Å²) in [6, 6.07) is 18.5. The molecule has 0 saturated heterocycles. The van der Waals surface area contributed by atoms with Gasteiger partial charge in [-0.15, -0.1) is 17.5 Å². The minimum absolute atomic E-state index is 0. The van der Waals surface area contributed by atoms with Crippen LogP contribution in [0.25, 0.3) is 10.9 Å². The maximum Gasteiger partial charge on any atom is 0.211 e. The van der Waals surface area contributed by atoms with Gasteiger partial charge in [0.15, 0.2) is 0 Å². The summed E-state index contributed by atoms with van der Waals surface area (Å²) in [6.07, 6.45) is 3.73. The number of hydrogen-bond acceptors (Lipinski definition) is 2. The molecule has 0 aliphatic rings.